The van der Waals surface area contributed by atoms with Crippen molar-refractivity contribution in [3.63, 3.8) is 0 Å². The van der Waals surface area contributed by atoms with Crippen molar-refractivity contribution < 1.29 is 42.9 Å². The Hall–Kier alpha value is -2.94. The monoisotopic (exact) mass is 448 g/mol. The predicted octanol–water partition coefficient (Wildman–Crippen LogP) is 1.94. The summed E-state index contributed by atoms with van der Waals surface area (Å²) in [5.41, 5.74) is -0.216. The van der Waals surface area contributed by atoms with Crippen LogP contribution >= 0.6 is 0 Å². The Kier molecular flexibility index (Phi) is 6.59. The minimum Gasteiger partial charge on any atom is -0.466 e. The van der Waals surface area contributed by atoms with E-state index in [1.54, 1.807) is 26.0 Å². The first-order valence-electron chi connectivity index (χ1n) is 10.4. The molecule has 9 heteroatoms. The second-order valence-corrected chi connectivity index (χ2v) is 8.39. The molecule has 0 amide bonds. The van der Waals surface area contributed by atoms with Crippen LogP contribution in [-0.4, -0.2) is 61.0 Å². The van der Waals surface area contributed by atoms with Gasteiger partial charge in [0.2, 0.25) is 0 Å². The maximum Gasteiger partial charge on any atom is 0.341 e. The summed E-state index contributed by atoms with van der Waals surface area (Å²) < 4.78 is 27.1. The van der Waals surface area contributed by atoms with Crippen molar-refractivity contribution in [2.24, 2.45) is 5.92 Å². The van der Waals surface area contributed by atoms with Gasteiger partial charge in [-0.2, -0.15) is 0 Å². The Balaban J connectivity index is 2.14. The van der Waals surface area contributed by atoms with Crippen molar-refractivity contribution in [1.82, 2.24) is 0 Å². The van der Waals surface area contributed by atoms with E-state index in [1.165, 1.54) is 14.0 Å². The molecule has 0 aromatic heterocycles. The number of methoxy groups -OCH3 is 1. The lowest BCUT2D eigenvalue weighted by Gasteiger charge is -2.33. The van der Waals surface area contributed by atoms with Gasteiger partial charge in [0.25, 0.3) is 0 Å². The molecule has 1 aliphatic carbocycles. The molecule has 2 aliphatic heterocycles. The van der Waals surface area contributed by atoms with Gasteiger partial charge in [0, 0.05) is 12.5 Å². The maximum atomic E-state index is 13.0. The van der Waals surface area contributed by atoms with E-state index in [2.05, 4.69) is 6.58 Å². The summed E-state index contributed by atoms with van der Waals surface area (Å²) in [6, 6.07) is 0. The Morgan fingerprint density at radius 3 is 2.47 bits per heavy atom. The summed E-state index contributed by atoms with van der Waals surface area (Å²) in [7, 11) is 1.20. The number of carbonyl (C=O) groups excluding carboxylic acids is 4. The number of ether oxygens (including phenoxy) is 5. The molecular formula is C23H28O9. The molecule has 0 spiro atoms. The van der Waals surface area contributed by atoms with Gasteiger partial charge >= 0.3 is 23.9 Å². The molecule has 9 nitrogen and oxygen atoms in total. The fourth-order valence-corrected chi connectivity index (χ4v) is 3.98. The van der Waals surface area contributed by atoms with Crippen molar-refractivity contribution >= 4 is 23.9 Å². The van der Waals surface area contributed by atoms with Crippen molar-refractivity contribution in [2.75, 3.05) is 7.11 Å². The van der Waals surface area contributed by atoms with Crippen LogP contribution in [0.4, 0.5) is 0 Å². The van der Waals surface area contributed by atoms with E-state index < -0.39 is 53.7 Å². The molecule has 174 valence electrons. The summed E-state index contributed by atoms with van der Waals surface area (Å²) in [5, 5.41) is 0. The van der Waals surface area contributed by atoms with Gasteiger partial charge in [-0.3, -0.25) is 4.79 Å². The summed E-state index contributed by atoms with van der Waals surface area (Å²) in [6.45, 7) is 10.2. The van der Waals surface area contributed by atoms with E-state index >= 15 is 0 Å². The predicted molar refractivity (Wildman–Crippen MR) is 110 cm³/mol. The summed E-state index contributed by atoms with van der Waals surface area (Å²) >= 11 is 0. The van der Waals surface area contributed by atoms with Crippen molar-refractivity contribution in [2.45, 2.75) is 70.6 Å². The number of esters is 4. The van der Waals surface area contributed by atoms with E-state index in [-0.39, 0.29) is 17.3 Å². The van der Waals surface area contributed by atoms with Crippen molar-refractivity contribution in [3.05, 3.63) is 35.5 Å². The Morgan fingerprint density at radius 1 is 1.25 bits per heavy atom. The highest BCUT2D eigenvalue weighted by atomic mass is 16.7. The van der Waals surface area contributed by atoms with E-state index in [0.717, 1.165) is 5.57 Å². The number of carbonyl (C=O) groups is 4. The van der Waals surface area contributed by atoms with Crippen LogP contribution in [-0.2, 0) is 42.9 Å². The average molecular weight is 448 g/mol. The lowest BCUT2D eigenvalue weighted by atomic mass is 9.83. The molecule has 0 unspecified atom stereocenters. The molecule has 0 radical (unpaired) electrons. The fourth-order valence-electron chi connectivity index (χ4n) is 3.98. The number of rotatable bonds is 4. The molecular weight excluding hydrogens is 420 g/mol. The van der Waals surface area contributed by atoms with Crippen LogP contribution in [0.1, 0.15) is 40.5 Å². The smallest absolute Gasteiger partial charge is 0.341 e. The molecule has 6 atom stereocenters. The van der Waals surface area contributed by atoms with Gasteiger partial charge < -0.3 is 23.7 Å². The van der Waals surface area contributed by atoms with Crippen LogP contribution in [0.25, 0.3) is 0 Å². The molecule has 3 aliphatic rings. The Morgan fingerprint density at radius 2 is 1.91 bits per heavy atom. The van der Waals surface area contributed by atoms with Crippen LogP contribution in [0.3, 0.4) is 0 Å². The zero-order valence-corrected chi connectivity index (χ0v) is 18.8. The topological polar surface area (TPSA) is 118 Å². The lowest BCUT2D eigenvalue weighted by molar-refractivity contribution is -0.173. The lowest BCUT2D eigenvalue weighted by Crippen LogP contribution is -2.47. The number of hydrogen-bond donors (Lipinski definition) is 0. The first-order chi connectivity index (χ1) is 15.0. The van der Waals surface area contributed by atoms with Gasteiger partial charge in [0.05, 0.1) is 24.7 Å². The molecule has 2 heterocycles. The number of epoxide rings is 1. The summed E-state index contributed by atoms with van der Waals surface area (Å²) in [5.74, 6) is -3.70. The highest BCUT2D eigenvalue weighted by Crippen LogP contribution is 2.41. The van der Waals surface area contributed by atoms with Gasteiger partial charge in [-0.25, -0.2) is 14.4 Å². The number of allylic oxidation sites excluding steroid dienone is 2. The molecule has 32 heavy (non-hydrogen) atoms. The summed E-state index contributed by atoms with van der Waals surface area (Å²) in [4.78, 5) is 50.0. The largest absolute Gasteiger partial charge is 0.466 e. The minimum absolute atomic E-state index is 0.0102. The van der Waals surface area contributed by atoms with Gasteiger partial charge in [-0.1, -0.05) is 18.2 Å². The molecule has 2 saturated heterocycles. The third-order valence-corrected chi connectivity index (χ3v) is 6.07. The average Bonchev–Trinajstić information content (AvgIpc) is 3.25. The summed E-state index contributed by atoms with van der Waals surface area (Å²) in [6.07, 6.45) is 0.540. The van der Waals surface area contributed by atoms with Gasteiger partial charge in [0.15, 0.2) is 17.8 Å². The van der Waals surface area contributed by atoms with Crippen LogP contribution in [0, 0.1) is 5.92 Å². The molecule has 0 saturated carbocycles. The minimum atomic E-state index is -1.34. The second-order valence-electron chi connectivity index (χ2n) is 8.39. The van der Waals surface area contributed by atoms with Crippen molar-refractivity contribution in [3.8, 4) is 0 Å². The molecule has 0 aromatic carbocycles. The zero-order chi connectivity index (χ0) is 23.8. The quantitative estimate of drug-likeness (QED) is 0.209. The van der Waals surface area contributed by atoms with Crippen LogP contribution < -0.4 is 0 Å². The highest BCUT2D eigenvalue weighted by Gasteiger charge is 2.59. The van der Waals surface area contributed by atoms with Gasteiger partial charge in [-0.15, -0.1) is 0 Å². The van der Waals surface area contributed by atoms with Gasteiger partial charge in [0.1, 0.15) is 6.10 Å². The van der Waals surface area contributed by atoms with Crippen molar-refractivity contribution in [1.29, 1.82) is 0 Å². The van der Waals surface area contributed by atoms with E-state index in [1.807, 2.05) is 6.92 Å². The van der Waals surface area contributed by atoms with E-state index in [9.17, 15) is 19.2 Å². The molecule has 0 N–H and O–H groups in total. The maximum absolute atomic E-state index is 13.0. The third kappa shape index (κ3) is 4.48. The number of fused-ring (bicyclic) bond motifs is 1. The second kappa shape index (κ2) is 8.90. The first-order valence-corrected chi connectivity index (χ1v) is 10.4. The van der Waals surface area contributed by atoms with Crippen LogP contribution in [0.2, 0.25) is 0 Å². The molecule has 3 rings (SSSR count). The highest BCUT2D eigenvalue weighted by molar-refractivity contribution is 5.93. The Bertz CT molecular complexity index is 914. The van der Waals surface area contributed by atoms with E-state index in [0.29, 0.717) is 12.8 Å². The standard InChI is InChI=1S/C23H28O9/c1-11-8-7-9-15(21(26)28-6)18(29-14(4)24)19(31-22(27)23(5)13(3)32-23)17-12(2)20(25)30-16(17)10-11/h9-10,13,16-19H,2,7-8H2,1,3-6H3/b11-10+,15-9+/t13-,16+,17+,18+,19+,23-/m0/s1. The third-order valence-electron chi connectivity index (χ3n) is 6.07. The number of hydrogen-bond acceptors (Lipinski definition) is 9. The van der Waals surface area contributed by atoms with E-state index in [4.69, 9.17) is 23.7 Å². The van der Waals surface area contributed by atoms with Gasteiger partial charge in [-0.05, 0) is 39.7 Å². The molecule has 0 bridgehead atoms. The normalized spacial score (nSPS) is 37.6. The molecule has 0 aromatic rings. The Labute approximate surface area is 186 Å². The zero-order valence-electron chi connectivity index (χ0n) is 18.8. The molecule has 2 fully saturated rings. The SMILES string of the molecule is C=C1C(=O)O[C@@H]2/C=C(\C)CC/C=C(/C(=O)OC)[C@@H](OC(C)=O)[C@H](OC(=O)[C@@]3(C)O[C@H]3C)[C@H]12. The van der Waals surface area contributed by atoms with Crippen LogP contribution in [0.5, 0.6) is 0 Å². The fraction of sp³-hybridized carbons (Fsp3) is 0.565. The van der Waals surface area contributed by atoms with Crippen LogP contribution in [0.15, 0.2) is 35.5 Å². The first kappa shape index (κ1) is 23.7.